The molecule has 0 fully saturated rings. The van der Waals surface area contributed by atoms with Gasteiger partial charge in [0.15, 0.2) is 0 Å². The van der Waals surface area contributed by atoms with Crippen LogP contribution in [0.5, 0.6) is 0 Å². The molecule has 0 aromatic carbocycles. The maximum absolute atomic E-state index is 11.9. The summed E-state index contributed by atoms with van der Waals surface area (Å²) in [6, 6.07) is 0. The van der Waals surface area contributed by atoms with E-state index in [2.05, 4.69) is 13.8 Å². The van der Waals surface area contributed by atoms with E-state index in [1.54, 1.807) is 21.6 Å². The molecular weight excluding hydrogens is 573 g/mol. The Hall–Kier alpha value is -0.360. The highest BCUT2D eigenvalue weighted by Gasteiger charge is 2.05. The summed E-state index contributed by atoms with van der Waals surface area (Å²) in [4.78, 5) is 23.8. The van der Waals surface area contributed by atoms with E-state index in [-0.39, 0.29) is 11.9 Å². The summed E-state index contributed by atoms with van der Waals surface area (Å²) in [5, 5.41) is 0. The van der Waals surface area contributed by atoms with E-state index in [0.29, 0.717) is 26.1 Å². The Morgan fingerprint density at radius 1 is 0.372 bits per heavy atom. The summed E-state index contributed by atoms with van der Waals surface area (Å²) in [5.74, 6) is 1.43. The van der Waals surface area contributed by atoms with Crippen molar-refractivity contribution in [2.75, 3.05) is 24.7 Å². The lowest BCUT2D eigenvalue weighted by molar-refractivity contribution is -0.144. The van der Waals surface area contributed by atoms with Crippen molar-refractivity contribution in [2.45, 2.75) is 200 Å². The van der Waals surface area contributed by atoms with Crippen LogP contribution in [-0.2, 0) is 19.1 Å². The predicted octanol–water partition coefficient (Wildman–Crippen LogP) is 12.8. The molecule has 0 bridgehead atoms. The van der Waals surface area contributed by atoms with E-state index in [9.17, 15) is 9.59 Å². The van der Waals surface area contributed by atoms with Gasteiger partial charge >= 0.3 is 11.9 Å². The second-order valence-electron chi connectivity index (χ2n) is 12.4. The standard InChI is InChI=1S/C37H72O4S2/c1-3-5-7-9-11-13-15-17-18-19-21-23-25-27-29-31-37(39)41-33-35-43-42-34-32-40-36(38)30-28-26-24-22-20-16-14-12-10-8-6-4-2/h3-35H2,1-2H3. The molecule has 0 N–H and O–H groups in total. The van der Waals surface area contributed by atoms with Crippen LogP contribution < -0.4 is 0 Å². The lowest BCUT2D eigenvalue weighted by Gasteiger charge is -2.06. The lowest BCUT2D eigenvalue weighted by atomic mass is 10.0. The molecule has 0 radical (unpaired) electrons. The summed E-state index contributed by atoms with van der Waals surface area (Å²) in [7, 11) is 3.36. The fraction of sp³-hybridized carbons (Fsp3) is 0.946. The Kier molecular flexibility index (Phi) is 37.5. The third-order valence-corrected chi connectivity index (χ3v) is 10.5. The van der Waals surface area contributed by atoms with Crippen LogP contribution >= 0.6 is 21.6 Å². The molecule has 0 aromatic heterocycles. The molecule has 0 saturated heterocycles. The van der Waals surface area contributed by atoms with Crippen LogP contribution in [0, 0.1) is 0 Å². The minimum absolute atomic E-state index is 0.0629. The molecule has 0 spiro atoms. The van der Waals surface area contributed by atoms with E-state index in [0.717, 1.165) is 37.2 Å². The van der Waals surface area contributed by atoms with Crippen LogP contribution in [-0.4, -0.2) is 36.7 Å². The first-order valence-electron chi connectivity index (χ1n) is 18.8. The molecule has 0 amide bonds. The second kappa shape index (κ2) is 37.8. The predicted molar refractivity (Wildman–Crippen MR) is 192 cm³/mol. The molecule has 0 unspecified atom stereocenters. The molecule has 0 heterocycles. The van der Waals surface area contributed by atoms with Crippen molar-refractivity contribution in [3.63, 3.8) is 0 Å². The first kappa shape index (κ1) is 42.6. The fourth-order valence-corrected chi connectivity index (χ4v) is 7.05. The zero-order valence-corrected chi connectivity index (χ0v) is 30.4. The number of rotatable bonds is 36. The smallest absolute Gasteiger partial charge is 0.305 e. The molecule has 0 atom stereocenters. The third-order valence-electron chi connectivity index (χ3n) is 8.16. The van der Waals surface area contributed by atoms with Gasteiger partial charge in [-0.2, -0.15) is 0 Å². The summed E-state index contributed by atoms with van der Waals surface area (Å²) in [6.07, 6.45) is 36.7. The molecular formula is C37H72O4S2. The zero-order chi connectivity index (χ0) is 31.3. The number of ether oxygens (including phenoxy) is 2. The summed E-state index contributed by atoms with van der Waals surface area (Å²) in [5.41, 5.74) is 0. The molecule has 4 nitrogen and oxygen atoms in total. The van der Waals surface area contributed by atoms with Gasteiger partial charge in [0.05, 0.1) is 0 Å². The van der Waals surface area contributed by atoms with Crippen molar-refractivity contribution in [3.05, 3.63) is 0 Å². The topological polar surface area (TPSA) is 52.6 Å². The Morgan fingerprint density at radius 3 is 0.860 bits per heavy atom. The van der Waals surface area contributed by atoms with Crippen molar-refractivity contribution in [2.24, 2.45) is 0 Å². The highest BCUT2D eigenvalue weighted by Crippen LogP contribution is 2.21. The normalized spacial score (nSPS) is 11.2. The van der Waals surface area contributed by atoms with Gasteiger partial charge in [0.2, 0.25) is 0 Å². The van der Waals surface area contributed by atoms with Gasteiger partial charge < -0.3 is 9.47 Å². The van der Waals surface area contributed by atoms with Gasteiger partial charge in [-0.15, -0.1) is 0 Å². The number of unbranched alkanes of at least 4 members (excludes halogenated alkanes) is 25. The number of hydrogen-bond acceptors (Lipinski definition) is 6. The largest absolute Gasteiger partial charge is 0.465 e. The van der Waals surface area contributed by atoms with E-state index < -0.39 is 0 Å². The molecule has 43 heavy (non-hydrogen) atoms. The van der Waals surface area contributed by atoms with Gasteiger partial charge in [0.1, 0.15) is 13.2 Å². The summed E-state index contributed by atoms with van der Waals surface area (Å²) < 4.78 is 10.7. The van der Waals surface area contributed by atoms with Crippen molar-refractivity contribution >= 4 is 33.5 Å². The van der Waals surface area contributed by atoms with Crippen molar-refractivity contribution < 1.29 is 19.1 Å². The van der Waals surface area contributed by atoms with Gasteiger partial charge in [-0.1, -0.05) is 196 Å². The van der Waals surface area contributed by atoms with Crippen LogP contribution in [0.2, 0.25) is 0 Å². The van der Waals surface area contributed by atoms with Crippen LogP contribution in [0.3, 0.4) is 0 Å². The molecule has 256 valence electrons. The highest BCUT2D eigenvalue weighted by molar-refractivity contribution is 8.76. The number of carbonyl (C=O) groups excluding carboxylic acids is 2. The Bertz CT molecular complexity index is 573. The maximum atomic E-state index is 11.9. The molecule has 0 saturated carbocycles. The molecule has 0 aromatic rings. The lowest BCUT2D eigenvalue weighted by Crippen LogP contribution is -2.08. The van der Waals surface area contributed by atoms with Crippen LogP contribution in [0.4, 0.5) is 0 Å². The van der Waals surface area contributed by atoms with Crippen LogP contribution in [0.25, 0.3) is 0 Å². The van der Waals surface area contributed by atoms with Crippen molar-refractivity contribution in [1.82, 2.24) is 0 Å². The Balaban J connectivity index is 3.24. The Morgan fingerprint density at radius 2 is 0.605 bits per heavy atom. The minimum Gasteiger partial charge on any atom is -0.465 e. The average Bonchev–Trinajstić information content (AvgIpc) is 3.01. The minimum atomic E-state index is -0.0644. The molecule has 0 aliphatic heterocycles. The number of hydrogen-bond donors (Lipinski definition) is 0. The summed E-state index contributed by atoms with van der Waals surface area (Å²) in [6.45, 7) is 5.48. The van der Waals surface area contributed by atoms with E-state index in [1.165, 1.54) is 148 Å². The van der Waals surface area contributed by atoms with Crippen LogP contribution in [0.1, 0.15) is 200 Å². The number of carbonyl (C=O) groups is 2. The van der Waals surface area contributed by atoms with Crippen LogP contribution in [0.15, 0.2) is 0 Å². The molecule has 0 rings (SSSR count). The first-order chi connectivity index (χ1) is 21.2. The quantitative estimate of drug-likeness (QED) is 0.0384. The maximum Gasteiger partial charge on any atom is 0.305 e. The first-order valence-corrected chi connectivity index (χ1v) is 21.2. The molecule has 0 aliphatic rings. The van der Waals surface area contributed by atoms with Gasteiger partial charge in [0, 0.05) is 24.3 Å². The van der Waals surface area contributed by atoms with Gasteiger partial charge in [0.25, 0.3) is 0 Å². The molecule has 0 aliphatic carbocycles. The van der Waals surface area contributed by atoms with Crippen molar-refractivity contribution in [3.8, 4) is 0 Å². The van der Waals surface area contributed by atoms with E-state index >= 15 is 0 Å². The third kappa shape index (κ3) is 37.7. The highest BCUT2D eigenvalue weighted by atomic mass is 33.1. The second-order valence-corrected chi connectivity index (χ2v) is 15.1. The van der Waals surface area contributed by atoms with E-state index in [4.69, 9.17) is 9.47 Å². The molecule has 6 heteroatoms. The Labute approximate surface area is 276 Å². The van der Waals surface area contributed by atoms with Gasteiger partial charge in [-0.3, -0.25) is 9.59 Å². The van der Waals surface area contributed by atoms with Gasteiger partial charge in [-0.25, -0.2) is 0 Å². The number of esters is 2. The SMILES string of the molecule is CCCCCCCCCCCCCCCCCC(=O)OCCSSCCOC(=O)CCCCCCCCCCCCCC. The van der Waals surface area contributed by atoms with Gasteiger partial charge in [-0.05, 0) is 12.8 Å². The summed E-state index contributed by atoms with van der Waals surface area (Å²) >= 11 is 0. The van der Waals surface area contributed by atoms with E-state index in [1.807, 2.05) is 0 Å². The average molecular weight is 645 g/mol. The zero-order valence-electron chi connectivity index (χ0n) is 28.8. The monoisotopic (exact) mass is 644 g/mol. The van der Waals surface area contributed by atoms with Crippen molar-refractivity contribution in [1.29, 1.82) is 0 Å². The fourth-order valence-electron chi connectivity index (χ4n) is 5.39.